The van der Waals surface area contributed by atoms with Crippen molar-refractivity contribution in [3.8, 4) is 0 Å². The second-order valence-electron chi connectivity index (χ2n) is 2.44. The Morgan fingerprint density at radius 3 is 2.57 bits per heavy atom. The maximum absolute atomic E-state index is 11.6. The lowest BCUT2D eigenvalue weighted by Gasteiger charge is -1.98. The molecule has 0 aromatic carbocycles. The van der Waals surface area contributed by atoms with Crippen LogP contribution in [0.25, 0.3) is 0 Å². The molecule has 0 radical (unpaired) electrons. The van der Waals surface area contributed by atoms with Crippen LogP contribution in [0.1, 0.15) is 16.6 Å². The molecule has 0 amide bonds. The van der Waals surface area contributed by atoms with E-state index in [1.165, 1.54) is 18.3 Å². The van der Waals surface area contributed by atoms with Crippen molar-refractivity contribution in [1.82, 2.24) is 0 Å². The Morgan fingerprint density at radius 1 is 1.43 bits per heavy atom. The molecule has 1 rings (SSSR count). The SMILES string of the molecule is CC(=NO)C(=NO)C(=O)c1cccs1. The van der Waals surface area contributed by atoms with Crippen molar-refractivity contribution in [2.45, 2.75) is 6.92 Å². The van der Waals surface area contributed by atoms with Crippen LogP contribution in [0.3, 0.4) is 0 Å². The Bertz CT molecular complexity index is 381. The van der Waals surface area contributed by atoms with Gasteiger partial charge in [-0.05, 0) is 18.4 Å². The highest BCUT2D eigenvalue weighted by atomic mass is 32.1. The summed E-state index contributed by atoms with van der Waals surface area (Å²) >= 11 is 1.22. The number of rotatable bonds is 3. The number of hydrogen-bond donors (Lipinski definition) is 2. The predicted octanol–water partition coefficient (Wildman–Crippen LogP) is 1.61. The van der Waals surface area contributed by atoms with Crippen molar-refractivity contribution in [2.24, 2.45) is 10.3 Å². The molecule has 0 saturated carbocycles. The fourth-order valence-corrected chi connectivity index (χ4v) is 1.52. The zero-order valence-corrected chi connectivity index (χ0v) is 8.15. The average Bonchev–Trinajstić information content (AvgIpc) is 2.71. The van der Waals surface area contributed by atoms with E-state index in [0.717, 1.165) is 0 Å². The van der Waals surface area contributed by atoms with Gasteiger partial charge in [0.2, 0.25) is 5.78 Å². The molecule has 0 saturated heterocycles. The molecular weight excluding hydrogens is 204 g/mol. The second kappa shape index (κ2) is 4.52. The molecule has 0 unspecified atom stereocenters. The quantitative estimate of drug-likeness (QED) is 0.345. The maximum atomic E-state index is 11.6. The van der Waals surface area contributed by atoms with Gasteiger partial charge in [0, 0.05) is 0 Å². The summed E-state index contributed by atoms with van der Waals surface area (Å²) in [6.45, 7) is 1.38. The van der Waals surface area contributed by atoms with Crippen molar-refractivity contribution in [3.63, 3.8) is 0 Å². The first kappa shape index (κ1) is 10.4. The fraction of sp³-hybridized carbons (Fsp3) is 0.125. The zero-order valence-electron chi connectivity index (χ0n) is 7.34. The predicted molar refractivity (Wildman–Crippen MR) is 52.8 cm³/mol. The minimum atomic E-state index is -0.460. The second-order valence-corrected chi connectivity index (χ2v) is 3.39. The van der Waals surface area contributed by atoms with Gasteiger partial charge in [0.25, 0.3) is 0 Å². The lowest BCUT2D eigenvalue weighted by molar-refractivity contribution is 0.106. The number of hydrogen-bond acceptors (Lipinski definition) is 6. The van der Waals surface area contributed by atoms with E-state index in [-0.39, 0.29) is 11.4 Å². The van der Waals surface area contributed by atoms with Crippen LogP contribution < -0.4 is 0 Å². The van der Waals surface area contributed by atoms with Gasteiger partial charge in [-0.25, -0.2) is 0 Å². The first-order valence-corrected chi connectivity index (χ1v) is 4.58. The molecule has 74 valence electrons. The van der Waals surface area contributed by atoms with Crippen molar-refractivity contribution < 1.29 is 15.2 Å². The molecule has 1 aromatic rings. The molecule has 0 atom stereocenters. The third kappa shape index (κ3) is 1.97. The summed E-state index contributed by atoms with van der Waals surface area (Å²) in [4.78, 5) is 12.0. The summed E-state index contributed by atoms with van der Waals surface area (Å²) in [5.74, 6) is -0.460. The zero-order chi connectivity index (χ0) is 10.6. The summed E-state index contributed by atoms with van der Waals surface area (Å²) < 4.78 is 0. The lowest BCUT2D eigenvalue weighted by atomic mass is 10.1. The lowest BCUT2D eigenvalue weighted by Crippen LogP contribution is -2.21. The highest BCUT2D eigenvalue weighted by Crippen LogP contribution is 2.10. The minimum Gasteiger partial charge on any atom is -0.411 e. The smallest absolute Gasteiger partial charge is 0.226 e. The Kier molecular flexibility index (Phi) is 3.35. The Balaban J connectivity index is 3.00. The van der Waals surface area contributed by atoms with Crippen LogP contribution >= 0.6 is 11.3 Å². The van der Waals surface area contributed by atoms with Crippen molar-refractivity contribution in [2.75, 3.05) is 0 Å². The standard InChI is InChI=1S/C8H8N2O3S/c1-5(9-12)7(10-13)8(11)6-3-2-4-14-6/h2-4,12-13H,1H3. The summed E-state index contributed by atoms with van der Waals surface area (Å²) in [7, 11) is 0. The fourth-order valence-electron chi connectivity index (χ4n) is 0.854. The monoisotopic (exact) mass is 212 g/mol. The van der Waals surface area contributed by atoms with Crippen molar-refractivity contribution in [1.29, 1.82) is 0 Å². The van der Waals surface area contributed by atoms with Crippen LogP contribution in [0.15, 0.2) is 27.8 Å². The Labute approximate surface area is 84.0 Å². The largest absolute Gasteiger partial charge is 0.411 e. The van der Waals surface area contributed by atoms with E-state index in [1.54, 1.807) is 17.5 Å². The topological polar surface area (TPSA) is 82.2 Å². The molecule has 2 N–H and O–H groups in total. The minimum absolute atomic E-state index is 0.0223. The van der Waals surface area contributed by atoms with Crippen molar-refractivity contribution in [3.05, 3.63) is 22.4 Å². The van der Waals surface area contributed by atoms with Gasteiger partial charge in [0.15, 0.2) is 5.71 Å². The number of carbonyl (C=O) groups is 1. The van der Waals surface area contributed by atoms with Gasteiger partial charge in [-0.2, -0.15) is 0 Å². The summed E-state index contributed by atoms with van der Waals surface area (Å²) in [6.07, 6.45) is 0. The number of nitrogens with zero attached hydrogens (tertiary/aromatic N) is 2. The van der Waals surface area contributed by atoms with Gasteiger partial charge in [-0.3, -0.25) is 4.79 Å². The van der Waals surface area contributed by atoms with E-state index in [2.05, 4.69) is 10.3 Å². The molecule has 0 aliphatic carbocycles. The van der Waals surface area contributed by atoms with Gasteiger partial charge in [0.05, 0.1) is 4.88 Å². The Morgan fingerprint density at radius 2 is 2.14 bits per heavy atom. The molecule has 0 bridgehead atoms. The number of carbonyl (C=O) groups excluding carboxylic acids is 1. The normalized spacial score (nSPS) is 12.9. The van der Waals surface area contributed by atoms with Crippen LogP contribution in [0.5, 0.6) is 0 Å². The molecular formula is C8H8N2O3S. The third-order valence-corrected chi connectivity index (χ3v) is 2.42. The van der Waals surface area contributed by atoms with Crippen molar-refractivity contribution >= 4 is 28.5 Å². The van der Waals surface area contributed by atoms with E-state index in [1.807, 2.05) is 0 Å². The van der Waals surface area contributed by atoms with E-state index in [9.17, 15) is 4.79 Å². The highest BCUT2D eigenvalue weighted by Gasteiger charge is 2.18. The summed E-state index contributed by atoms with van der Waals surface area (Å²) in [6, 6.07) is 3.31. The number of Topliss-reactive ketones (excluding diaryl/α,β-unsaturated/α-hetero) is 1. The van der Waals surface area contributed by atoms with E-state index < -0.39 is 5.78 Å². The van der Waals surface area contributed by atoms with E-state index in [4.69, 9.17) is 10.4 Å². The number of ketones is 1. The van der Waals surface area contributed by atoms with Gasteiger partial charge in [-0.15, -0.1) is 11.3 Å². The molecule has 1 heterocycles. The average molecular weight is 212 g/mol. The Hall–Kier alpha value is -1.69. The van der Waals surface area contributed by atoms with Gasteiger partial charge in [-0.1, -0.05) is 16.4 Å². The first-order chi connectivity index (χ1) is 6.70. The summed E-state index contributed by atoms with van der Waals surface area (Å²) in [5.41, 5.74) is -0.277. The molecule has 6 heteroatoms. The van der Waals surface area contributed by atoms with Crippen LogP contribution in [0, 0.1) is 0 Å². The summed E-state index contributed by atoms with van der Waals surface area (Å²) in [5, 5.41) is 24.3. The molecule has 5 nitrogen and oxygen atoms in total. The van der Waals surface area contributed by atoms with Crippen LogP contribution in [0.2, 0.25) is 0 Å². The molecule has 0 spiro atoms. The van der Waals surface area contributed by atoms with Crippen LogP contribution in [-0.2, 0) is 0 Å². The third-order valence-electron chi connectivity index (χ3n) is 1.55. The maximum Gasteiger partial charge on any atom is 0.226 e. The highest BCUT2D eigenvalue weighted by molar-refractivity contribution is 7.13. The van der Waals surface area contributed by atoms with Crippen LogP contribution in [-0.4, -0.2) is 27.6 Å². The molecule has 0 aliphatic rings. The molecule has 0 aliphatic heterocycles. The molecule has 1 aromatic heterocycles. The molecule has 0 fully saturated rings. The van der Waals surface area contributed by atoms with Gasteiger partial charge >= 0.3 is 0 Å². The van der Waals surface area contributed by atoms with Gasteiger partial charge in [0.1, 0.15) is 5.71 Å². The van der Waals surface area contributed by atoms with Crippen LogP contribution in [0.4, 0.5) is 0 Å². The van der Waals surface area contributed by atoms with Gasteiger partial charge < -0.3 is 10.4 Å². The number of oxime groups is 2. The number of thiophene rings is 1. The molecule has 14 heavy (non-hydrogen) atoms. The first-order valence-electron chi connectivity index (χ1n) is 3.70. The van der Waals surface area contributed by atoms with E-state index >= 15 is 0 Å². The van der Waals surface area contributed by atoms with E-state index in [0.29, 0.717) is 4.88 Å².